The van der Waals surface area contributed by atoms with Crippen molar-refractivity contribution in [2.45, 2.75) is 25.4 Å². The van der Waals surface area contributed by atoms with E-state index in [2.05, 4.69) is 21.2 Å². The van der Waals surface area contributed by atoms with Gasteiger partial charge in [0.05, 0.1) is 5.60 Å². The fourth-order valence-corrected chi connectivity index (χ4v) is 2.81. The van der Waals surface area contributed by atoms with Crippen LogP contribution in [0.25, 0.3) is 0 Å². The summed E-state index contributed by atoms with van der Waals surface area (Å²) >= 11 is 3.35. The third-order valence-electron chi connectivity index (χ3n) is 3.65. The number of piperidine rings is 1. The van der Waals surface area contributed by atoms with Crippen molar-refractivity contribution in [3.8, 4) is 0 Å². The molecule has 2 nitrogen and oxygen atoms in total. The van der Waals surface area contributed by atoms with E-state index in [0.717, 1.165) is 17.6 Å². The molecule has 1 fully saturated rings. The smallest absolute Gasteiger partial charge is 0.127 e. The first-order chi connectivity index (χ1) is 8.03. The number of hydrogen-bond donors (Lipinski definition) is 2. The Labute approximate surface area is 109 Å². The Morgan fingerprint density at radius 2 is 2.35 bits per heavy atom. The molecule has 0 aliphatic carbocycles. The summed E-state index contributed by atoms with van der Waals surface area (Å²) in [5.41, 5.74) is -0.237. The van der Waals surface area contributed by atoms with E-state index in [1.54, 1.807) is 6.07 Å². The summed E-state index contributed by atoms with van der Waals surface area (Å²) < 4.78 is 14.5. The molecule has 94 valence electrons. The van der Waals surface area contributed by atoms with Crippen LogP contribution < -0.4 is 5.32 Å². The highest BCUT2D eigenvalue weighted by atomic mass is 79.9. The maximum atomic E-state index is 13.7. The van der Waals surface area contributed by atoms with Crippen molar-refractivity contribution in [1.82, 2.24) is 5.32 Å². The highest BCUT2D eigenvalue weighted by Crippen LogP contribution is 2.32. The van der Waals surface area contributed by atoms with Crippen molar-refractivity contribution in [2.75, 3.05) is 13.1 Å². The van der Waals surface area contributed by atoms with Gasteiger partial charge in [-0.15, -0.1) is 0 Å². The molecule has 17 heavy (non-hydrogen) atoms. The average Bonchev–Trinajstić information content (AvgIpc) is 2.28. The minimum absolute atomic E-state index is 0.128. The van der Waals surface area contributed by atoms with Gasteiger partial charge in [-0.3, -0.25) is 0 Å². The van der Waals surface area contributed by atoms with Gasteiger partial charge < -0.3 is 10.4 Å². The van der Waals surface area contributed by atoms with Gasteiger partial charge in [-0.1, -0.05) is 28.9 Å². The third kappa shape index (κ3) is 2.69. The van der Waals surface area contributed by atoms with Crippen LogP contribution in [0.2, 0.25) is 0 Å². The monoisotopic (exact) mass is 301 g/mol. The lowest BCUT2D eigenvalue weighted by atomic mass is 9.78. The summed E-state index contributed by atoms with van der Waals surface area (Å²) in [5, 5.41) is 13.9. The molecular formula is C13H17BrFNO. The molecule has 1 saturated heterocycles. The first-order valence-electron chi connectivity index (χ1n) is 5.89. The first kappa shape index (κ1) is 13.0. The normalized spacial score (nSPS) is 29.3. The Morgan fingerprint density at radius 3 is 3.00 bits per heavy atom. The van der Waals surface area contributed by atoms with Crippen molar-refractivity contribution >= 4 is 15.9 Å². The zero-order valence-corrected chi connectivity index (χ0v) is 11.4. The predicted molar refractivity (Wildman–Crippen MR) is 69.4 cm³/mol. The lowest BCUT2D eigenvalue weighted by Crippen LogP contribution is -2.50. The lowest BCUT2D eigenvalue weighted by molar-refractivity contribution is -0.0336. The van der Waals surface area contributed by atoms with Gasteiger partial charge in [0.25, 0.3) is 0 Å². The minimum Gasteiger partial charge on any atom is -0.389 e. The summed E-state index contributed by atoms with van der Waals surface area (Å²) in [5.74, 6) is -0.124. The molecule has 0 amide bonds. The molecule has 1 aliphatic rings. The fraction of sp³-hybridized carbons (Fsp3) is 0.538. The fourth-order valence-electron chi connectivity index (χ4n) is 2.33. The van der Waals surface area contributed by atoms with Gasteiger partial charge >= 0.3 is 0 Å². The van der Waals surface area contributed by atoms with Crippen molar-refractivity contribution in [3.05, 3.63) is 34.1 Å². The van der Waals surface area contributed by atoms with Crippen LogP contribution in [-0.2, 0) is 6.42 Å². The molecule has 4 heteroatoms. The maximum Gasteiger partial charge on any atom is 0.127 e. The summed E-state index contributed by atoms with van der Waals surface area (Å²) in [7, 11) is 0. The Balaban J connectivity index is 2.25. The standard InChI is InChI=1S/C13H17BrFNO/c1-9-8-16-6-5-13(9,17)7-10-11(14)3-2-4-12(10)15/h2-4,9,16-17H,5-8H2,1H3. The Hall–Kier alpha value is -0.450. The van der Waals surface area contributed by atoms with Crippen LogP contribution in [-0.4, -0.2) is 23.8 Å². The second-order valence-electron chi connectivity index (χ2n) is 4.84. The molecule has 0 aromatic heterocycles. The second kappa shape index (κ2) is 5.04. The van der Waals surface area contributed by atoms with Gasteiger partial charge in [0, 0.05) is 23.0 Å². The van der Waals surface area contributed by atoms with E-state index >= 15 is 0 Å². The molecule has 2 rings (SSSR count). The number of nitrogens with one attached hydrogen (secondary N) is 1. The van der Waals surface area contributed by atoms with Crippen molar-refractivity contribution in [3.63, 3.8) is 0 Å². The van der Waals surface area contributed by atoms with Gasteiger partial charge in [-0.2, -0.15) is 0 Å². The van der Waals surface area contributed by atoms with Crippen LogP contribution in [0.5, 0.6) is 0 Å². The molecule has 1 aromatic rings. The van der Waals surface area contributed by atoms with E-state index < -0.39 is 5.60 Å². The van der Waals surface area contributed by atoms with Gasteiger partial charge in [0.15, 0.2) is 0 Å². The van der Waals surface area contributed by atoms with Gasteiger partial charge in [-0.05, 0) is 31.0 Å². The van der Waals surface area contributed by atoms with Crippen molar-refractivity contribution < 1.29 is 9.50 Å². The molecule has 1 aliphatic heterocycles. The molecule has 2 atom stereocenters. The Morgan fingerprint density at radius 1 is 1.59 bits per heavy atom. The highest BCUT2D eigenvalue weighted by Gasteiger charge is 2.37. The van der Waals surface area contributed by atoms with E-state index in [-0.39, 0.29) is 11.7 Å². The van der Waals surface area contributed by atoms with Crippen molar-refractivity contribution in [2.24, 2.45) is 5.92 Å². The van der Waals surface area contributed by atoms with E-state index in [9.17, 15) is 9.50 Å². The number of hydrogen-bond acceptors (Lipinski definition) is 2. The molecule has 1 aromatic carbocycles. The van der Waals surface area contributed by atoms with Crippen LogP contribution in [0.4, 0.5) is 4.39 Å². The predicted octanol–water partition coefficient (Wildman–Crippen LogP) is 2.49. The van der Waals surface area contributed by atoms with Crippen LogP contribution in [0.15, 0.2) is 22.7 Å². The summed E-state index contributed by atoms with van der Waals surface area (Å²) in [6.45, 7) is 3.57. The largest absolute Gasteiger partial charge is 0.389 e. The molecule has 0 saturated carbocycles. The molecule has 0 radical (unpaired) electrons. The topological polar surface area (TPSA) is 32.3 Å². The van der Waals surface area contributed by atoms with E-state index in [1.807, 2.05) is 13.0 Å². The lowest BCUT2D eigenvalue weighted by Gasteiger charge is -2.39. The Kier molecular flexibility index (Phi) is 3.85. The van der Waals surface area contributed by atoms with E-state index in [0.29, 0.717) is 18.4 Å². The van der Waals surface area contributed by atoms with Gasteiger partial charge in [-0.25, -0.2) is 4.39 Å². The molecular weight excluding hydrogens is 285 g/mol. The SMILES string of the molecule is CC1CNCCC1(O)Cc1c(F)cccc1Br. The number of rotatable bonds is 2. The first-order valence-corrected chi connectivity index (χ1v) is 6.68. The summed E-state index contributed by atoms with van der Waals surface area (Å²) in [6.07, 6.45) is 1.03. The van der Waals surface area contributed by atoms with E-state index in [4.69, 9.17) is 0 Å². The van der Waals surface area contributed by atoms with Crippen LogP contribution in [0, 0.1) is 11.7 Å². The van der Waals surface area contributed by atoms with Crippen LogP contribution in [0.3, 0.4) is 0 Å². The van der Waals surface area contributed by atoms with Crippen LogP contribution in [0.1, 0.15) is 18.9 Å². The number of benzene rings is 1. The molecule has 0 spiro atoms. The molecule has 2 unspecified atom stereocenters. The van der Waals surface area contributed by atoms with Gasteiger partial charge in [0.1, 0.15) is 5.82 Å². The maximum absolute atomic E-state index is 13.7. The highest BCUT2D eigenvalue weighted by molar-refractivity contribution is 9.10. The second-order valence-corrected chi connectivity index (χ2v) is 5.69. The van der Waals surface area contributed by atoms with E-state index in [1.165, 1.54) is 6.07 Å². The summed E-state index contributed by atoms with van der Waals surface area (Å²) in [4.78, 5) is 0. The quantitative estimate of drug-likeness (QED) is 0.880. The van der Waals surface area contributed by atoms with Gasteiger partial charge in [0.2, 0.25) is 0 Å². The molecule has 0 bridgehead atoms. The third-order valence-corrected chi connectivity index (χ3v) is 4.39. The minimum atomic E-state index is -0.810. The average molecular weight is 302 g/mol. The Bertz CT molecular complexity index is 392. The zero-order chi connectivity index (χ0) is 12.5. The molecule has 1 heterocycles. The van der Waals surface area contributed by atoms with Crippen molar-refractivity contribution in [1.29, 1.82) is 0 Å². The number of aliphatic hydroxyl groups is 1. The van der Waals surface area contributed by atoms with Crippen LogP contribution >= 0.6 is 15.9 Å². The zero-order valence-electron chi connectivity index (χ0n) is 9.84. The molecule has 2 N–H and O–H groups in total. The number of halogens is 2. The summed E-state index contributed by atoms with van der Waals surface area (Å²) in [6, 6.07) is 4.92.